The summed E-state index contributed by atoms with van der Waals surface area (Å²) in [5.74, 6) is -1.09. The van der Waals surface area contributed by atoms with E-state index in [1.807, 2.05) is 60.7 Å². The Morgan fingerprint density at radius 1 is 0.977 bits per heavy atom. The smallest absolute Gasteiger partial charge is 0.430 e. The summed E-state index contributed by atoms with van der Waals surface area (Å²) in [4.78, 5) is 48.2. The van der Waals surface area contributed by atoms with Crippen LogP contribution in [0.4, 0.5) is 10.5 Å². The van der Waals surface area contributed by atoms with Crippen LogP contribution in [-0.2, 0) is 30.1 Å². The van der Waals surface area contributed by atoms with Crippen LogP contribution in [0, 0.1) is 16.0 Å². The van der Waals surface area contributed by atoms with E-state index in [1.54, 1.807) is 6.92 Å². The van der Waals surface area contributed by atoms with E-state index in [-0.39, 0.29) is 35.0 Å². The van der Waals surface area contributed by atoms with Crippen LogP contribution >= 0.6 is 11.8 Å². The van der Waals surface area contributed by atoms with E-state index in [2.05, 4.69) is 26.1 Å². The number of nitro groups is 1. The summed E-state index contributed by atoms with van der Waals surface area (Å²) >= 11 is 0.948. The Bertz CT molecular complexity index is 1410. The molecular weight excluding hydrogens is 589 g/mol. The number of amides is 1. The van der Waals surface area contributed by atoms with Crippen LogP contribution < -0.4 is 15.7 Å². The van der Waals surface area contributed by atoms with Gasteiger partial charge in [0.05, 0.1) is 10.3 Å². The minimum absolute atomic E-state index is 0.0778. The summed E-state index contributed by atoms with van der Waals surface area (Å²) in [6.07, 6.45) is -1.85. The minimum atomic E-state index is -2.92. The number of ether oxygens (including phenoxy) is 2. The van der Waals surface area contributed by atoms with E-state index in [9.17, 15) is 24.5 Å². The quantitative estimate of drug-likeness (QED) is 0.108. The zero-order valence-corrected chi connectivity index (χ0v) is 26.2. The molecule has 0 aliphatic carbocycles. The molecule has 0 aromatic heterocycles. The molecule has 3 atom stereocenters. The first kappa shape index (κ1) is 31.9. The molecule has 4 rings (SSSR count). The van der Waals surface area contributed by atoms with Gasteiger partial charge >= 0.3 is 6.16 Å². The molecular formula is C31H34N2O8SSi. The topological polar surface area (TPSA) is 134 Å². The summed E-state index contributed by atoms with van der Waals surface area (Å²) in [5, 5.41) is 14.5. The monoisotopic (exact) mass is 622 g/mol. The van der Waals surface area contributed by atoms with Gasteiger partial charge in [-0.15, -0.1) is 0 Å². The van der Waals surface area contributed by atoms with Crippen molar-refractivity contribution >= 4 is 53.3 Å². The third kappa shape index (κ3) is 7.32. The van der Waals surface area contributed by atoms with Crippen LogP contribution in [0.3, 0.4) is 0 Å². The summed E-state index contributed by atoms with van der Waals surface area (Å²) in [5.41, 5.74) is 0.461. The van der Waals surface area contributed by atoms with Gasteiger partial charge in [0, 0.05) is 12.1 Å². The Morgan fingerprint density at radius 3 is 2.02 bits per heavy atom. The SMILES string of the molecule is C[C@@H](OC(=O)OCc1ccc([N+](=O)[O-])cc1)C1C(=O)NC1SC(=O)CO[Si](c1ccccc1)(c1ccccc1)C(C)(C)C. The van der Waals surface area contributed by atoms with Crippen molar-refractivity contribution in [2.45, 2.75) is 50.8 Å². The van der Waals surface area contributed by atoms with Crippen LogP contribution in [0.1, 0.15) is 33.3 Å². The lowest BCUT2D eigenvalue weighted by atomic mass is 9.96. The van der Waals surface area contributed by atoms with Gasteiger partial charge in [0.1, 0.15) is 25.2 Å². The third-order valence-electron chi connectivity index (χ3n) is 7.29. The standard InChI is InChI=1S/C31H34N2O8SSi/c1-21(41-30(36)39-19-22-15-17-23(18-16-22)33(37)38)27-28(35)32-29(27)42-26(34)20-40-43(31(2,3)4,24-11-7-5-8-12-24)25-13-9-6-10-14-25/h5-18,21,27,29H,19-20H2,1-4H3,(H,32,35)/t21-,27?,29?/m1/s1. The first-order chi connectivity index (χ1) is 20.4. The largest absolute Gasteiger partial charge is 0.508 e. The second-order valence-corrected chi connectivity index (χ2v) is 16.7. The van der Waals surface area contributed by atoms with Gasteiger partial charge < -0.3 is 19.2 Å². The van der Waals surface area contributed by atoms with Gasteiger partial charge in [0.15, 0.2) is 0 Å². The number of hydrogen-bond acceptors (Lipinski definition) is 9. The van der Waals surface area contributed by atoms with Crippen LogP contribution in [-0.4, -0.2) is 48.5 Å². The van der Waals surface area contributed by atoms with Gasteiger partial charge in [-0.05, 0) is 40.0 Å². The summed E-state index contributed by atoms with van der Waals surface area (Å²) in [7, 11) is -2.92. The zero-order chi connectivity index (χ0) is 31.2. The van der Waals surface area contributed by atoms with Crippen LogP contribution in [0.5, 0.6) is 0 Å². The molecule has 0 radical (unpaired) electrons. The number of non-ortho nitro benzene ring substituents is 1. The molecule has 10 nitrogen and oxygen atoms in total. The lowest BCUT2D eigenvalue weighted by Crippen LogP contribution is -2.67. The maximum absolute atomic E-state index is 13.2. The molecule has 1 amide bonds. The molecule has 1 N–H and O–H groups in total. The molecule has 3 aromatic carbocycles. The van der Waals surface area contributed by atoms with Crippen molar-refractivity contribution in [2.24, 2.45) is 5.92 Å². The first-order valence-electron chi connectivity index (χ1n) is 13.7. The molecule has 2 unspecified atom stereocenters. The Labute approximate surface area is 255 Å². The molecule has 1 fully saturated rings. The average molecular weight is 623 g/mol. The molecule has 0 bridgehead atoms. The minimum Gasteiger partial charge on any atom is -0.430 e. The van der Waals surface area contributed by atoms with Crippen molar-refractivity contribution in [1.29, 1.82) is 0 Å². The Kier molecular flexibility index (Phi) is 10.0. The lowest BCUT2D eigenvalue weighted by Gasteiger charge is -2.43. The maximum atomic E-state index is 13.2. The Hall–Kier alpha value is -4.00. The van der Waals surface area contributed by atoms with Gasteiger partial charge in [-0.3, -0.25) is 19.7 Å². The fourth-order valence-corrected chi connectivity index (χ4v) is 10.8. The van der Waals surface area contributed by atoms with E-state index in [1.165, 1.54) is 24.3 Å². The highest BCUT2D eigenvalue weighted by atomic mass is 32.2. The summed E-state index contributed by atoms with van der Waals surface area (Å²) in [6.45, 7) is 7.61. The second kappa shape index (κ2) is 13.5. The number of β-lactam (4-membered cyclic amide) rings is 1. The van der Waals surface area contributed by atoms with E-state index >= 15 is 0 Å². The molecule has 3 aromatic rings. The fraction of sp³-hybridized carbons (Fsp3) is 0.323. The fourth-order valence-electron chi connectivity index (χ4n) is 5.15. The highest BCUT2D eigenvalue weighted by molar-refractivity contribution is 8.14. The van der Waals surface area contributed by atoms with Gasteiger partial charge in [0.2, 0.25) is 11.0 Å². The molecule has 226 valence electrons. The van der Waals surface area contributed by atoms with E-state index in [0.29, 0.717) is 5.56 Å². The van der Waals surface area contributed by atoms with Crippen LogP contribution in [0.2, 0.25) is 5.04 Å². The predicted molar refractivity (Wildman–Crippen MR) is 165 cm³/mol. The molecule has 0 spiro atoms. The predicted octanol–water partition coefficient (Wildman–Crippen LogP) is 4.55. The van der Waals surface area contributed by atoms with Crippen LogP contribution in [0.15, 0.2) is 84.9 Å². The average Bonchev–Trinajstić information content (AvgIpc) is 2.96. The number of benzene rings is 3. The third-order valence-corrected chi connectivity index (χ3v) is 13.3. The molecule has 1 heterocycles. The molecule has 0 saturated carbocycles. The number of nitrogens with zero attached hydrogens (tertiary/aromatic N) is 1. The highest BCUT2D eigenvalue weighted by Crippen LogP contribution is 2.37. The first-order valence-corrected chi connectivity index (χ1v) is 16.5. The summed E-state index contributed by atoms with van der Waals surface area (Å²) in [6, 6.07) is 25.5. The number of carbonyl (C=O) groups excluding carboxylic acids is 3. The molecule has 43 heavy (non-hydrogen) atoms. The van der Waals surface area contributed by atoms with Crippen molar-refractivity contribution < 1.29 is 33.2 Å². The highest BCUT2D eigenvalue weighted by Gasteiger charge is 2.51. The molecule has 1 aliphatic rings. The number of rotatable bonds is 11. The van der Waals surface area contributed by atoms with Crippen molar-refractivity contribution in [3.63, 3.8) is 0 Å². The lowest BCUT2D eigenvalue weighted by molar-refractivity contribution is -0.384. The molecule has 12 heteroatoms. The van der Waals surface area contributed by atoms with Gasteiger partial charge in [-0.1, -0.05) is 93.2 Å². The van der Waals surface area contributed by atoms with Gasteiger partial charge in [-0.25, -0.2) is 4.79 Å². The normalized spacial score (nSPS) is 17.3. The number of nitrogens with one attached hydrogen (secondary N) is 1. The summed E-state index contributed by atoms with van der Waals surface area (Å²) < 4.78 is 17.1. The Morgan fingerprint density at radius 2 is 1.53 bits per heavy atom. The van der Waals surface area contributed by atoms with Crippen molar-refractivity contribution in [2.75, 3.05) is 6.61 Å². The molecule has 1 saturated heterocycles. The number of thioether (sulfide) groups is 1. The van der Waals surface area contributed by atoms with Crippen LogP contribution in [0.25, 0.3) is 0 Å². The number of hydrogen-bond donors (Lipinski definition) is 1. The van der Waals surface area contributed by atoms with E-state index in [0.717, 1.165) is 22.1 Å². The second-order valence-electron chi connectivity index (χ2n) is 11.2. The number of nitro benzene ring substituents is 1. The van der Waals surface area contributed by atoms with Crippen molar-refractivity contribution in [1.82, 2.24) is 5.32 Å². The van der Waals surface area contributed by atoms with E-state index in [4.69, 9.17) is 13.9 Å². The van der Waals surface area contributed by atoms with Gasteiger partial charge in [0.25, 0.3) is 14.0 Å². The van der Waals surface area contributed by atoms with E-state index < -0.39 is 36.8 Å². The molecule has 1 aliphatic heterocycles. The van der Waals surface area contributed by atoms with Crippen molar-refractivity contribution in [3.8, 4) is 0 Å². The van der Waals surface area contributed by atoms with Crippen molar-refractivity contribution in [3.05, 3.63) is 101 Å². The Balaban J connectivity index is 1.37. The zero-order valence-electron chi connectivity index (χ0n) is 24.4. The number of carbonyl (C=O) groups is 3. The van der Waals surface area contributed by atoms with Gasteiger partial charge in [-0.2, -0.15) is 0 Å². The maximum Gasteiger partial charge on any atom is 0.508 e.